The minimum Gasteiger partial charge on any atom is -0.480 e. The highest BCUT2D eigenvalue weighted by Crippen LogP contribution is 2.41. The second kappa shape index (κ2) is 12.4. The van der Waals surface area contributed by atoms with Crippen LogP contribution in [0.4, 0.5) is 17.5 Å². The monoisotopic (exact) mass is 690 g/mol. The predicted octanol–water partition coefficient (Wildman–Crippen LogP) is 3.61. The Balaban J connectivity index is 1.08. The molecule has 1 aromatic carbocycles. The maximum Gasteiger partial charge on any atom is 0.326 e. The van der Waals surface area contributed by atoms with E-state index in [-0.39, 0.29) is 19.0 Å². The van der Waals surface area contributed by atoms with Gasteiger partial charge in [-0.1, -0.05) is 18.1 Å². The summed E-state index contributed by atoms with van der Waals surface area (Å²) < 4.78 is 26.6. The first-order valence-corrected chi connectivity index (χ1v) is 17.5. The van der Waals surface area contributed by atoms with Crippen molar-refractivity contribution in [2.45, 2.75) is 50.0 Å². The maximum absolute atomic E-state index is 12.9. The highest BCUT2D eigenvalue weighted by Gasteiger charge is 2.50. The van der Waals surface area contributed by atoms with E-state index in [0.717, 1.165) is 37.0 Å². The van der Waals surface area contributed by atoms with Crippen molar-refractivity contribution in [1.82, 2.24) is 24.7 Å². The summed E-state index contributed by atoms with van der Waals surface area (Å²) in [4.78, 5) is 33.8. The number of para-hydroxylation sites is 1. The van der Waals surface area contributed by atoms with Crippen molar-refractivity contribution >= 4 is 45.5 Å². The van der Waals surface area contributed by atoms with Crippen molar-refractivity contribution in [3.63, 3.8) is 0 Å². The van der Waals surface area contributed by atoms with Crippen LogP contribution in [-0.4, -0.2) is 106 Å². The number of ether oxygens (including phenoxy) is 3. The standard InChI is InChI=1S/C37H38N8O6/c1-23-37(21-48-22-37)49-16-15-44(23)28-17-24(9-10-25-11-14-42(2)41-25)19-38-34(28)50-26-18-29(35(46)47)45(20-26)33-32-31(27-7-3-4-8-30(27)51-32)39-36(40-33)43-12-5-6-13-43/h3-4,7-8,11,14,17,19,23,26,29H,5-6,12-13,15-16,18,20-22H2,1-2H3,(H,46,47)/t23-,26-,29-/m0/s1. The van der Waals surface area contributed by atoms with E-state index in [4.69, 9.17) is 33.6 Å². The van der Waals surface area contributed by atoms with Gasteiger partial charge in [-0.25, -0.2) is 14.8 Å². The number of furan rings is 1. The molecule has 0 aliphatic carbocycles. The van der Waals surface area contributed by atoms with Crippen molar-refractivity contribution in [2.24, 2.45) is 7.05 Å². The highest BCUT2D eigenvalue weighted by atomic mass is 16.6. The number of hydrogen-bond acceptors (Lipinski definition) is 12. The zero-order valence-electron chi connectivity index (χ0n) is 28.5. The normalized spacial score (nSPS) is 22.8. The molecular weight excluding hydrogens is 652 g/mol. The Morgan fingerprint density at radius 2 is 1.92 bits per heavy atom. The number of carboxylic acid groups (broad SMARTS) is 1. The van der Waals surface area contributed by atoms with Crippen LogP contribution in [0.2, 0.25) is 0 Å². The van der Waals surface area contributed by atoms with Gasteiger partial charge in [-0.15, -0.1) is 0 Å². The number of morpholine rings is 1. The van der Waals surface area contributed by atoms with E-state index in [1.807, 2.05) is 49.6 Å². The lowest BCUT2D eigenvalue weighted by atomic mass is 9.90. The number of benzene rings is 1. The summed E-state index contributed by atoms with van der Waals surface area (Å²) in [6, 6.07) is 10.6. The van der Waals surface area contributed by atoms with E-state index in [2.05, 4.69) is 33.7 Å². The summed E-state index contributed by atoms with van der Waals surface area (Å²) in [5.74, 6) is 6.81. The van der Waals surface area contributed by atoms with Crippen molar-refractivity contribution in [3.8, 4) is 17.7 Å². The third kappa shape index (κ3) is 5.57. The minimum absolute atomic E-state index is 0.0265. The van der Waals surface area contributed by atoms with E-state index < -0.39 is 23.7 Å². The average Bonchev–Trinajstić information content (AvgIpc) is 3.94. The van der Waals surface area contributed by atoms with Crippen LogP contribution in [-0.2, 0) is 21.3 Å². The zero-order valence-corrected chi connectivity index (χ0v) is 28.5. The van der Waals surface area contributed by atoms with Crippen LogP contribution in [0.5, 0.6) is 5.88 Å². The first-order valence-electron chi connectivity index (χ1n) is 17.5. The van der Waals surface area contributed by atoms with Crippen molar-refractivity contribution in [1.29, 1.82) is 0 Å². The van der Waals surface area contributed by atoms with Crippen molar-refractivity contribution in [3.05, 3.63) is 60.0 Å². The van der Waals surface area contributed by atoms with E-state index in [1.54, 1.807) is 15.8 Å². The first kappa shape index (κ1) is 31.6. The fraction of sp³-hybridized carbons (Fsp3) is 0.432. The molecule has 4 saturated heterocycles. The Bertz CT molecular complexity index is 2200. The number of carboxylic acids is 1. The van der Waals surface area contributed by atoms with Gasteiger partial charge in [0, 0.05) is 56.4 Å². The van der Waals surface area contributed by atoms with Crippen molar-refractivity contribution in [2.75, 3.05) is 60.7 Å². The van der Waals surface area contributed by atoms with Gasteiger partial charge in [0.15, 0.2) is 11.4 Å². The summed E-state index contributed by atoms with van der Waals surface area (Å²) in [5.41, 5.74) is 3.54. The van der Waals surface area contributed by atoms with Crippen molar-refractivity contribution < 1.29 is 28.5 Å². The summed E-state index contributed by atoms with van der Waals surface area (Å²) in [7, 11) is 1.85. The number of hydrogen-bond donors (Lipinski definition) is 1. The molecule has 14 heteroatoms. The zero-order chi connectivity index (χ0) is 34.7. The van der Waals surface area contributed by atoms with E-state index in [0.29, 0.717) is 72.0 Å². The topological polar surface area (TPSA) is 144 Å². The van der Waals surface area contributed by atoms with Crippen LogP contribution in [0.25, 0.3) is 22.1 Å². The van der Waals surface area contributed by atoms with Gasteiger partial charge in [0.25, 0.3) is 0 Å². The number of aliphatic carboxylic acids is 1. The van der Waals surface area contributed by atoms with Gasteiger partial charge in [0.1, 0.15) is 40.2 Å². The maximum atomic E-state index is 12.9. The Hall–Kier alpha value is -5.39. The Morgan fingerprint density at radius 1 is 1.08 bits per heavy atom. The molecule has 5 aromatic rings. The molecule has 0 bridgehead atoms. The number of carbonyl (C=O) groups is 1. The molecule has 0 radical (unpaired) electrons. The molecule has 0 saturated carbocycles. The van der Waals surface area contributed by atoms with Crippen LogP contribution >= 0.6 is 0 Å². The van der Waals surface area contributed by atoms with Crippen LogP contribution in [0.1, 0.15) is 37.4 Å². The van der Waals surface area contributed by atoms with E-state index in [1.165, 1.54) is 0 Å². The summed E-state index contributed by atoms with van der Waals surface area (Å²) in [6.45, 7) is 6.25. The molecule has 4 aromatic heterocycles. The lowest BCUT2D eigenvalue weighted by Crippen LogP contribution is -2.68. The molecule has 3 atom stereocenters. The second-order valence-electron chi connectivity index (χ2n) is 13.7. The number of aryl methyl sites for hydroxylation is 1. The minimum atomic E-state index is -0.964. The Labute approximate surface area is 293 Å². The molecule has 14 nitrogen and oxygen atoms in total. The fourth-order valence-corrected chi connectivity index (χ4v) is 7.65. The number of aromatic nitrogens is 5. The molecule has 51 heavy (non-hydrogen) atoms. The molecule has 9 rings (SSSR count). The number of fused-ring (bicyclic) bond motifs is 3. The van der Waals surface area contributed by atoms with Crippen LogP contribution in [0.3, 0.4) is 0 Å². The molecule has 1 N–H and O–H groups in total. The molecule has 8 heterocycles. The van der Waals surface area contributed by atoms with Gasteiger partial charge in [0.2, 0.25) is 11.8 Å². The number of rotatable bonds is 6. The molecule has 4 aliphatic rings. The van der Waals surface area contributed by atoms with Gasteiger partial charge in [-0.3, -0.25) is 4.68 Å². The predicted molar refractivity (Wildman–Crippen MR) is 188 cm³/mol. The summed E-state index contributed by atoms with van der Waals surface area (Å²) >= 11 is 0. The van der Waals surface area contributed by atoms with E-state index >= 15 is 0 Å². The third-order valence-corrected chi connectivity index (χ3v) is 10.5. The van der Waals surface area contributed by atoms with Crippen LogP contribution in [0, 0.1) is 11.8 Å². The molecule has 4 aliphatic heterocycles. The quantitative estimate of drug-likeness (QED) is 0.259. The molecule has 262 valence electrons. The Morgan fingerprint density at radius 3 is 2.69 bits per heavy atom. The van der Waals surface area contributed by atoms with Crippen LogP contribution < -0.4 is 19.4 Å². The summed E-state index contributed by atoms with van der Waals surface area (Å²) in [5, 5.41) is 15.8. The Kier molecular flexibility index (Phi) is 7.70. The molecule has 0 unspecified atom stereocenters. The third-order valence-electron chi connectivity index (χ3n) is 10.5. The fourth-order valence-electron chi connectivity index (χ4n) is 7.65. The first-order chi connectivity index (χ1) is 24.8. The smallest absolute Gasteiger partial charge is 0.326 e. The molecule has 1 spiro atoms. The van der Waals surface area contributed by atoms with Gasteiger partial charge in [-0.2, -0.15) is 10.1 Å². The SMILES string of the molecule is C[C@@H]1N(c2cc(C#Cc3ccn(C)n3)cnc2O[C@H]2C[C@@H](C(=O)O)N(c3nc(N4CCCC4)nc4c3oc3ccccc34)C2)CCOC12COC2. The number of anilines is 3. The molecule has 4 fully saturated rings. The largest absolute Gasteiger partial charge is 0.480 e. The highest BCUT2D eigenvalue weighted by molar-refractivity contribution is 6.06. The van der Waals surface area contributed by atoms with Crippen LogP contribution in [0.15, 0.2) is 53.2 Å². The average molecular weight is 691 g/mol. The number of pyridine rings is 1. The lowest BCUT2D eigenvalue weighted by Gasteiger charge is -2.53. The summed E-state index contributed by atoms with van der Waals surface area (Å²) in [6.07, 6.45) is 5.36. The molecule has 0 amide bonds. The van der Waals surface area contributed by atoms with Gasteiger partial charge in [-0.05, 0) is 50.0 Å². The van der Waals surface area contributed by atoms with E-state index in [9.17, 15) is 9.90 Å². The van der Waals surface area contributed by atoms with Gasteiger partial charge < -0.3 is 38.4 Å². The molecular formula is C37H38N8O6. The van der Waals surface area contributed by atoms with Gasteiger partial charge >= 0.3 is 5.97 Å². The number of nitrogens with zero attached hydrogens (tertiary/aromatic N) is 8. The lowest BCUT2D eigenvalue weighted by molar-refractivity contribution is -0.228. The second-order valence-corrected chi connectivity index (χ2v) is 13.7. The van der Waals surface area contributed by atoms with Gasteiger partial charge in [0.05, 0.1) is 32.4 Å².